The van der Waals surface area contributed by atoms with Crippen LogP contribution in [-0.2, 0) is 11.2 Å². The van der Waals surface area contributed by atoms with Crippen molar-refractivity contribution in [1.29, 1.82) is 0 Å². The Morgan fingerprint density at radius 1 is 1.23 bits per heavy atom. The van der Waals surface area contributed by atoms with E-state index < -0.39 is 5.83 Å². The number of hydrogen-bond acceptors (Lipinski definition) is 4. The highest BCUT2D eigenvalue weighted by molar-refractivity contribution is 5.59. The summed E-state index contributed by atoms with van der Waals surface area (Å²) in [6.45, 7) is 15.3. The average Bonchev–Trinajstić information content (AvgIpc) is 3.15. The number of rotatable bonds is 8. The molecule has 0 saturated carbocycles. The fraction of sp³-hybridized carbons (Fsp3) is 0.360. The molecular formula is C25H33FN4O. The summed E-state index contributed by atoms with van der Waals surface area (Å²) in [6, 6.07) is 9.99. The molecule has 2 aromatic heterocycles. The molecule has 0 bridgehead atoms. The van der Waals surface area contributed by atoms with Crippen LogP contribution in [-0.4, -0.2) is 27.8 Å². The van der Waals surface area contributed by atoms with E-state index in [0.717, 1.165) is 25.3 Å². The molecule has 0 aliphatic heterocycles. The van der Waals surface area contributed by atoms with E-state index in [-0.39, 0.29) is 5.95 Å². The number of nitrogen functional groups attached to an aromatic ring is 1. The lowest BCUT2D eigenvalue weighted by Gasteiger charge is -2.02. The van der Waals surface area contributed by atoms with E-state index >= 15 is 0 Å². The maximum Gasteiger partial charge on any atom is 0.222 e. The first-order chi connectivity index (χ1) is 14.9. The number of nitrogens with two attached hydrogens (primary N) is 1. The van der Waals surface area contributed by atoms with Gasteiger partial charge >= 0.3 is 0 Å². The molecule has 3 rings (SSSR count). The number of anilines is 1. The molecule has 0 atom stereocenters. The molecular weight excluding hydrogens is 391 g/mol. The monoisotopic (exact) mass is 424 g/mol. The second-order valence-electron chi connectivity index (χ2n) is 7.42. The topological polar surface area (TPSA) is 65.4 Å². The summed E-state index contributed by atoms with van der Waals surface area (Å²) in [7, 11) is 0. The van der Waals surface area contributed by atoms with Crippen LogP contribution in [0, 0.1) is 6.92 Å². The first-order valence-electron chi connectivity index (χ1n) is 10.7. The van der Waals surface area contributed by atoms with Crippen LogP contribution in [0.3, 0.4) is 0 Å². The first kappa shape index (κ1) is 24.3. The van der Waals surface area contributed by atoms with Crippen LogP contribution >= 0.6 is 0 Å². The van der Waals surface area contributed by atoms with Crippen LogP contribution in [0.25, 0.3) is 18.2 Å². The average molecular weight is 425 g/mol. The van der Waals surface area contributed by atoms with Gasteiger partial charge in [0.1, 0.15) is 5.83 Å². The number of allylic oxidation sites excluding steroid dienone is 1. The first-order valence-corrected chi connectivity index (χ1v) is 10.7. The van der Waals surface area contributed by atoms with E-state index in [2.05, 4.69) is 56.1 Å². The molecule has 6 heteroatoms. The van der Waals surface area contributed by atoms with E-state index in [4.69, 9.17) is 10.5 Å². The van der Waals surface area contributed by atoms with E-state index in [9.17, 15) is 4.39 Å². The quantitative estimate of drug-likeness (QED) is 0.553. The maximum absolute atomic E-state index is 13.2. The highest BCUT2D eigenvalue weighted by atomic mass is 19.1. The van der Waals surface area contributed by atoms with Crippen LogP contribution in [0.1, 0.15) is 49.9 Å². The number of halogens is 1. The van der Waals surface area contributed by atoms with Gasteiger partial charge in [-0.3, -0.25) is 0 Å². The molecule has 2 N–H and O–H groups in total. The molecule has 31 heavy (non-hydrogen) atoms. The van der Waals surface area contributed by atoms with Crippen molar-refractivity contribution >= 4 is 24.1 Å². The van der Waals surface area contributed by atoms with Crippen LogP contribution in [0.5, 0.6) is 0 Å². The van der Waals surface area contributed by atoms with E-state index in [0.29, 0.717) is 22.5 Å². The number of ether oxygens (including phenoxy) is 1. The van der Waals surface area contributed by atoms with E-state index in [1.54, 1.807) is 0 Å². The van der Waals surface area contributed by atoms with Crippen molar-refractivity contribution in [3.63, 3.8) is 0 Å². The van der Waals surface area contributed by atoms with Gasteiger partial charge in [0.2, 0.25) is 5.95 Å². The fourth-order valence-electron chi connectivity index (χ4n) is 3.09. The summed E-state index contributed by atoms with van der Waals surface area (Å²) in [6.07, 6.45) is 5.55. The molecule has 0 radical (unpaired) electrons. The largest absolute Gasteiger partial charge is 0.381 e. The number of hydrogen-bond donors (Lipinski definition) is 1. The van der Waals surface area contributed by atoms with Gasteiger partial charge in [-0.15, -0.1) is 0 Å². The van der Waals surface area contributed by atoms with Crippen LogP contribution < -0.4 is 16.3 Å². The molecule has 166 valence electrons. The van der Waals surface area contributed by atoms with Gasteiger partial charge in [0.15, 0.2) is 0 Å². The lowest BCUT2D eigenvalue weighted by Crippen LogP contribution is -2.31. The Labute approximate surface area is 183 Å². The second-order valence-corrected chi connectivity index (χ2v) is 7.42. The molecule has 2 heterocycles. The Morgan fingerprint density at radius 2 is 1.97 bits per heavy atom. The highest BCUT2D eigenvalue weighted by Crippen LogP contribution is 2.14. The molecule has 0 saturated heterocycles. The molecule has 1 aromatic carbocycles. The van der Waals surface area contributed by atoms with Crippen molar-refractivity contribution in [2.75, 3.05) is 18.9 Å². The zero-order valence-electron chi connectivity index (χ0n) is 18.8. The lowest BCUT2D eigenvalue weighted by atomic mass is 10.0. The molecule has 3 aromatic rings. The molecule has 0 fully saturated rings. The van der Waals surface area contributed by atoms with Gasteiger partial charge in [0.05, 0.1) is 16.6 Å². The van der Waals surface area contributed by atoms with Crippen molar-refractivity contribution in [2.45, 2.75) is 46.5 Å². The maximum atomic E-state index is 13.2. The van der Waals surface area contributed by atoms with Crippen molar-refractivity contribution < 1.29 is 9.13 Å². The third kappa shape index (κ3) is 7.03. The normalized spacial score (nSPS) is 11.4. The van der Waals surface area contributed by atoms with Gasteiger partial charge in [-0.1, -0.05) is 57.7 Å². The molecule has 0 spiro atoms. The van der Waals surface area contributed by atoms with Crippen molar-refractivity contribution in [3.05, 3.63) is 70.1 Å². The van der Waals surface area contributed by atoms with Gasteiger partial charge < -0.3 is 10.5 Å². The molecule has 0 aliphatic rings. The summed E-state index contributed by atoms with van der Waals surface area (Å²) >= 11 is 0. The predicted molar refractivity (Wildman–Crippen MR) is 127 cm³/mol. The SMILES string of the molecule is C=C(F)/C=c1\c(=C)nc(N)n2nc(Cc3ccccc3C)cc12.CCCCOCCC. The minimum Gasteiger partial charge on any atom is -0.381 e. The fourth-order valence-corrected chi connectivity index (χ4v) is 3.09. The van der Waals surface area contributed by atoms with Crippen LogP contribution in [0.15, 0.2) is 42.7 Å². The van der Waals surface area contributed by atoms with E-state index in [1.807, 2.05) is 18.2 Å². The third-order valence-corrected chi connectivity index (χ3v) is 4.74. The number of fused-ring (bicyclic) bond motifs is 1. The molecule has 0 aliphatic carbocycles. The van der Waals surface area contributed by atoms with Gasteiger partial charge in [-0.2, -0.15) is 9.61 Å². The Kier molecular flexibility index (Phi) is 9.40. The standard InChI is InChI=1S/C18H17FN4.C7H16O/c1-11-6-4-5-7-14(11)9-15-10-17-16(8-12(2)19)13(3)21-18(20)23(17)22-15;1-3-5-7-8-6-4-2/h4-8,10H,2-3,9H2,1H3,(H2,20,21);3-7H2,1-2H3/b16-8+;. The summed E-state index contributed by atoms with van der Waals surface area (Å²) in [4.78, 5) is 4.12. The zero-order valence-corrected chi connectivity index (χ0v) is 18.8. The summed E-state index contributed by atoms with van der Waals surface area (Å²) in [5.74, 6) is -0.340. The number of aryl methyl sites for hydroxylation is 1. The Balaban J connectivity index is 0.000000366. The lowest BCUT2D eigenvalue weighted by molar-refractivity contribution is 0.132. The predicted octanol–water partition coefficient (Wildman–Crippen LogP) is 4.10. The smallest absolute Gasteiger partial charge is 0.222 e. The molecule has 0 unspecified atom stereocenters. The van der Waals surface area contributed by atoms with Gasteiger partial charge in [0.25, 0.3) is 0 Å². The second kappa shape index (κ2) is 12.0. The number of aromatic nitrogens is 3. The summed E-state index contributed by atoms with van der Waals surface area (Å²) in [5.41, 5.74) is 9.79. The Hall–Kier alpha value is -2.99. The number of benzene rings is 1. The number of unbranched alkanes of at least 4 members (excludes halogenated alkanes) is 1. The summed E-state index contributed by atoms with van der Waals surface area (Å²) in [5, 5.41) is 5.42. The Bertz CT molecular complexity index is 1110. The van der Waals surface area contributed by atoms with Crippen LogP contribution in [0.4, 0.5) is 10.3 Å². The molecule has 5 nitrogen and oxygen atoms in total. The van der Waals surface area contributed by atoms with Crippen molar-refractivity contribution in [2.24, 2.45) is 0 Å². The highest BCUT2D eigenvalue weighted by Gasteiger charge is 2.09. The van der Waals surface area contributed by atoms with Crippen molar-refractivity contribution in [3.8, 4) is 0 Å². The van der Waals surface area contributed by atoms with E-state index in [1.165, 1.54) is 34.6 Å². The minimum absolute atomic E-state index is 0.225. The third-order valence-electron chi connectivity index (χ3n) is 4.74. The van der Waals surface area contributed by atoms with Gasteiger partial charge in [-0.05, 0) is 43.0 Å². The van der Waals surface area contributed by atoms with Gasteiger partial charge in [-0.25, -0.2) is 9.37 Å². The van der Waals surface area contributed by atoms with Crippen LogP contribution in [0.2, 0.25) is 0 Å². The Morgan fingerprint density at radius 3 is 2.61 bits per heavy atom. The van der Waals surface area contributed by atoms with Gasteiger partial charge in [0, 0.05) is 24.9 Å². The van der Waals surface area contributed by atoms with Crippen molar-refractivity contribution in [1.82, 2.24) is 14.6 Å². The molecule has 0 amide bonds. The zero-order chi connectivity index (χ0) is 22.8. The minimum atomic E-state index is -0.565. The number of nitrogens with zero attached hydrogens (tertiary/aromatic N) is 3. The summed E-state index contributed by atoms with van der Waals surface area (Å²) < 4.78 is 20.0.